The molecule has 6 nitrogen and oxygen atoms in total. The van der Waals surface area contributed by atoms with Crippen LogP contribution in [-0.2, 0) is 9.59 Å². The molecular formula is C29H35N3O3. The van der Waals surface area contributed by atoms with Gasteiger partial charge in [-0.2, -0.15) is 0 Å². The maximum Gasteiger partial charge on any atom is 0.243 e. The molecule has 3 saturated carbocycles. The van der Waals surface area contributed by atoms with E-state index in [-0.39, 0.29) is 28.7 Å². The summed E-state index contributed by atoms with van der Waals surface area (Å²) in [6.07, 6.45) is 14.8. The lowest BCUT2D eigenvalue weighted by atomic mass is 9.48. The number of pyridine rings is 1. The Bertz CT molecular complexity index is 1140. The number of furan rings is 1. The van der Waals surface area contributed by atoms with E-state index in [0.717, 1.165) is 30.6 Å². The van der Waals surface area contributed by atoms with Crippen LogP contribution in [0.5, 0.6) is 0 Å². The second kappa shape index (κ2) is 8.35. The van der Waals surface area contributed by atoms with Gasteiger partial charge in [0.2, 0.25) is 11.8 Å². The van der Waals surface area contributed by atoms with Crippen molar-refractivity contribution < 1.29 is 14.0 Å². The molecule has 0 saturated heterocycles. The first-order chi connectivity index (χ1) is 16.9. The molecule has 1 aliphatic heterocycles. The number of carbonyl (C=O) groups excluding carboxylic acids is 2. The monoisotopic (exact) mass is 473 g/mol. The number of anilines is 1. The minimum atomic E-state index is 0.0566. The van der Waals surface area contributed by atoms with Gasteiger partial charge in [-0.15, -0.1) is 0 Å². The van der Waals surface area contributed by atoms with E-state index in [1.807, 2.05) is 24.3 Å². The molecule has 4 aliphatic rings. The highest BCUT2D eigenvalue weighted by atomic mass is 16.3. The van der Waals surface area contributed by atoms with Crippen LogP contribution in [-0.4, -0.2) is 22.8 Å². The minimum Gasteiger partial charge on any atom is -0.464 e. The van der Waals surface area contributed by atoms with Gasteiger partial charge in [0.05, 0.1) is 6.26 Å². The molecule has 184 valence electrons. The zero-order chi connectivity index (χ0) is 24.2. The fourth-order valence-electron chi connectivity index (χ4n) is 8.25. The first kappa shape index (κ1) is 22.6. The third-order valence-corrected chi connectivity index (χ3v) is 10.2. The van der Waals surface area contributed by atoms with E-state index in [9.17, 15) is 9.59 Å². The number of aromatic nitrogens is 1. The van der Waals surface area contributed by atoms with Crippen molar-refractivity contribution in [1.82, 2.24) is 10.3 Å². The van der Waals surface area contributed by atoms with Crippen LogP contribution in [0.25, 0.3) is 11.3 Å². The van der Waals surface area contributed by atoms with Crippen molar-refractivity contribution in [3.8, 4) is 11.3 Å². The Kier molecular flexibility index (Phi) is 5.39. The first-order valence-corrected chi connectivity index (χ1v) is 13.2. The van der Waals surface area contributed by atoms with Crippen LogP contribution in [0.4, 0.5) is 5.82 Å². The normalized spacial score (nSPS) is 37.7. The maximum absolute atomic E-state index is 13.0. The highest BCUT2D eigenvalue weighted by Gasteiger charge is 2.59. The summed E-state index contributed by atoms with van der Waals surface area (Å²) in [4.78, 5) is 29.4. The summed E-state index contributed by atoms with van der Waals surface area (Å²) < 4.78 is 5.42. The molecule has 3 aliphatic carbocycles. The van der Waals surface area contributed by atoms with E-state index in [1.54, 1.807) is 18.5 Å². The smallest absolute Gasteiger partial charge is 0.243 e. The Hall–Kier alpha value is -2.89. The molecule has 0 unspecified atom stereocenters. The van der Waals surface area contributed by atoms with Crippen LogP contribution in [0.15, 0.2) is 53.3 Å². The molecular weight excluding hydrogens is 438 g/mol. The Balaban J connectivity index is 1.12. The second-order valence-corrected chi connectivity index (χ2v) is 11.7. The van der Waals surface area contributed by atoms with Crippen molar-refractivity contribution >= 4 is 17.6 Å². The molecule has 0 spiro atoms. The largest absolute Gasteiger partial charge is 0.464 e. The molecule has 7 atom stereocenters. The number of amides is 2. The SMILES string of the molecule is C[C@]12C=CC(=O)N[C@@H]1CC[C@@H]1[C@@H]2CC[C@]2(C)[C@@H](CC(=O)Nc3ccc(-c4ccco4)cn3)CC[C@@H]12. The number of nitrogens with one attached hydrogen (secondary N) is 2. The fourth-order valence-corrected chi connectivity index (χ4v) is 8.25. The van der Waals surface area contributed by atoms with Gasteiger partial charge in [-0.05, 0) is 98.0 Å². The van der Waals surface area contributed by atoms with Gasteiger partial charge in [0.15, 0.2) is 0 Å². The van der Waals surface area contributed by atoms with Crippen molar-refractivity contribution in [2.24, 2.45) is 34.5 Å². The maximum atomic E-state index is 13.0. The molecule has 2 aromatic heterocycles. The predicted octanol–water partition coefficient (Wildman–Crippen LogP) is 5.58. The average molecular weight is 474 g/mol. The Labute approximate surface area is 207 Å². The molecule has 2 N–H and O–H groups in total. The van der Waals surface area contributed by atoms with E-state index >= 15 is 0 Å². The van der Waals surface area contributed by atoms with Crippen molar-refractivity contribution in [3.05, 3.63) is 48.9 Å². The van der Waals surface area contributed by atoms with Gasteiger partial charge in [0, 0.05) is 29.6 Å². The van der Waals surface area contributed by atoms with Crippen molar-refractivity contribution in [2.45, 2.75) is 64.8 Å². The molecule has 3 fully saturated rings. The van der Waals surface area contributed by atoms with Gasteiger partial charge in [0.1, 0.15) is 11.6 Å². The van der Waals surface area contributed by atoms with Crippen LogP contribution in [0.1, 0.15) is 58.8 Å². The lowest BCUT2D eigenvalue weighted by Crippen LogP contribution is -2.59. The number of carbonyl (C=O) groups is 2. The topological polar surface area (TPSA) is 84.2 Å². The van der Waals surface area contributed by atoms with Gasteiger partial charge in [-0.25, -0.2) is 4.98 Å². The number of hydrogen-bond donors (Lipinski definition) is 2. The number of rotatable bonds is 4. The van der Waals surface area contributed by atoms with Crippen molar-refractivity contribution in [2.75, 3.05) is 5.32 Å². The Morgan fingerprint density at radius 3 is 2.80 bits per heavy atom. The number of fused-ring (bicyclic) bond motifs is 5. The zero-order valence-electron chi connectivity index (χ0n) is 20.6. The lowest BCUT2D eigenvalue weighted by Gasteiger charge is -2.59. The molecule has 6 rings (SSSR count). The van der Waals surface area contributed by atoms with Gasteiger partial charge in [0.25, 0.3) is 0 Å². The second-order valence-electron chi connectivity index (χ2n) is 11.7. The van der Waals surface area contributed by atoms with Crippen molar-refractivity contribution in [3.63, 3.8) is 0 Å². The number of nitrogens with zero attached hydrogens (tertiary/aromatic N) is 1. The molecule has 6 heteroatoms. The molecule has 0 aromatic carbocycles. The van der Waals surface area contributed by atoms with E-state index in [4.69, 9.17) is 4.42 Å². The minimum absolute atomic E-state index is 0.0566. The third-order valence-electron chi connectivity index (χ3n) is 10.2. The molecule has 2 aromatic rings. The highest BCUT2D eigenvalue weighted by molar-refractivity contribution is 5.90. The summed E-state index contributed by atoms with van der Waals surface area (Å²) in [5.74, 6) is 3.83. The van der Waals surface area contributed by atoms with Gasteiger partial charge >= 0.3 is 0 Å². The molecule has 0 radical (unpaired) electrons. The Morgan fingerprint density at radius 1 is 1.14 bits per heavy atom. The zero-order valence-corrected chi connectivity index (χ0v) is 20.6. The predicted molar refractivity (Wildman–Crippen MR) is 134 cm³/mol. The fraction of sp³-hybridized carbons (Fsp3) is 0.552. The molecule has 0 bridgehead atoms. The van der Waals surface area contributed by atoms with E-state index in [1.165, 1.54) is 19.3 Å². The number of hydrogen-bond acceptors (Lipinski definition) is 4. The Morgan fingerprint density at radius 2 is 2.03 bits per heavy atom. The van der Waals surface area contributed by atoms with E-state index < -0.39 is 0 Å². The quantitative estimate of drug-likeness (QED) is 0.607. The van der Waals surface area contributed by atoms with Crippen LogP contribution < -0.4 is 10.6 Å². The van der Waals surface area contributed by atoms with Crippen LogP contribution in [0.2, 0.25) is 0 Å². The third kappa shape index (κ3) is 3.73. The lowest BCUT2D eigenvalue weighted by molar-refractivity contribution is -0.123. The van der Waals surface area contributed by atoms with E-state index in [0.29, 0.717) is 35.9 Å². The van der Waals surface area contributed by atoms with Gasteiger partial charge in [-0.3, -0.25) is 9.59 Å². The molecule has 2 amide bonds. The van der Waals surface area contributed by atoms with Crippen LogP contribution >= 0.6 is 0 Å². The molecule has 3 heterocycles. The van der Waals surface area contributed by atoms with Gasteiger partial charge < -0.3 is 15.1 Å². The molecule has 35 heavy (non-hydrogen) atoms. The first-order valence-electron chi connectivity index (χ1n) is 13.2. The van der Waals surface area contributed by atoms with Crippen molar-refractivity contribution in [1.29, 1.82) is 0 Å². The highest BCUT2D eigenvalue weighted by Crippen LogP contribution is 2.65. The summed E-state index contributed by atoms with van der Waals surface area (Å²) in [6.45, 7) is 4.80. The standard InChI is InChI=1S/C29H35N3O3/c1-28-13-11-22-20(7-9-24-29(22,2)14-12-26(33)31-24)21(28)8-6-19(28)16-27(34)32-25-10-5-18(17-30-25)23-4-3-15-35-23/h3-5,10,12,14-15,17,19-22,24H,6-9,11,13,16H2,1-2H3,(H,31,33)(H,30,32,34)/t19-,20+,21+,22+,24-,28-,29-/m1/s1. The van der Waals surface area contributed by atoms with Gasteiger partial charge in [-0.1, -0.05) is 19.9 Å². The van der Waals surface area contributed by atoms with Crippen LogP contribution in [0, 0.1) is 34.5 Å². The summed E-state index contributed by atoms with van der Waals surface area (Å²) in [7, 11) is 0. The average Bonchev–Trinajstić information content (AvgIpc) is 3.49. The van der Waals surface area contributed by atoms with Crippen LogP contribution in [0.3, 0.4) is 0 Å². The summed E-state index contributed by atoms with van der Waals surface area (Å²) in [5.41, 5.74) is 1.16. The summed E-state index contributed by atoms with van der Waals surface area (Å²) >= 11 is 0. The summed E-state index contributed by atoms with van der Waals surface area (Å²) in [6, 6.07) is 7.78. The summed E-state index contributed by atoms with van der Waals surface area (Å²) in [5, 5.41) is 6.27. The van der Waals surface area contributed by atoms with E-state index in [2.05, 4.69) is 35.5 Å².